The van der Waals surface area contributed by atoms with E-state index < -0.39 is 11.6 Å². The molecule has 0 aliphatic rings. The van der Waals surface area contributed by atoms with Gasteiger partial charge in [-0.3, -0.25) is 4.79 Å². The largest absolute Gasteiger partial charge is 0.373 e. The fourth-order valence-corrected chi connectivity index (χ4v) is 2.43. The smallest absolute Gasteiger partial charge is 0.243 e. The zero-order valence-electron chi connectivity index (χ0n) is 10.6. The van der Waals surface area contributed by atoms with Crippen LogP contribution in [0, 0.1) is 11.6 Å². The lowest BCUT2D eigenvalue weighted by molar-refractivity contribution is -0.114. The highest BCUT2D eigenvalue weighted by Crippen LogP contribution is 2.26. The van der Waals surface area contributed by atoms with Crippen molar-refractivity contribution in [1.82, 2.24) is 0 Å². The van der Waals surface area contributed by atoms with Crippen LogP contribution in [0.2, 0.25) is 0 Å². The minimum absolute atomic E-state index is 0.0438. The Kier molecular flexibility index (Phi) is 5.30. The number of hydrogen-bond acceptors (Lipinski definition) is 2. The molecule has 21 heavy (non-hydrogen) atoms. The summed E-state index contributed by atoms with van der Waals surface area (Å²) < 4.78 is 27.6. The maximum atomic E-state index is 13.6. The Morgan fingerprint density at radius 2 is 1.76 bits per heavy atom. The first-order valence-electron chi connectivity index (χ1n) is 5.89. The lowest BCUT2D eigenvalue weighted by Gasteiger charge is -2.10. The zero-order chi connectivity index (χ0) is 15.4. The Bertz CT molecular complexity index is 640. The van der Waals surface area contributed by atoms with Crippen LogP contribution in [0.5, 0.6) is 0 Å². The first-order chi connectivity index (χ1) is 9.95. The Morgan fingerprint density at radius 3 is 2.38 bits per heavy atom. The van der Waals surface area contributed by atoms with Gasteiger partial charge in [0.2, 0.25) is 5.91 Å². The minimum atomic E-state index is -0.765. The van der Waals surface area contributed by atoms with E-state index in [1.165, 1.54) is 0 Å². The maximum absolute atomic E-state index is 13.6. The average Bonchev–Trinajstić information content (AvgIpc) is 2.40. The summed E-state index contributed by atoms with van der Waals surface area (Å²) in [6, 6.07) is 8.92. The summed E-state index contributed by atoms with van der Waals surface area (Å²) in [4.78, 5) is 11.8. The van der Waals surface area contributed by atoms with Crippen molar-refractivity contribution in [3.63, 3.8) is 0 Å². The van der Waals surface area contributed by atoms with Gasteiger partial charge in [-0.2, -0.15) is 0 Å². The molecule has 2 aromatic rings. The van der Waals surface area contributed by atoms with Crippen LogP contribution < -0.4 is 10.6 Å². The molecule has 0 saturated heterocycles. The third kappa shape index (κ3) is 4.50. The zero-order valence-corrected chi connectivity index (χ0v) is 13.8. The lowest BCUT2D eigenvalue weighted by Crippen LogP contribution is -2.22. The van der Waals surface area contributed by atoms with Crippen LogP contribution in [0.1, 0.15) is 0 Å². The minimum Gasteiger partial charge on any atom is -0.373 e. The van der Waals surface area contributed by atoms with E-state index >= 15 is 0 Å². The third-order valence-corrected chi connectivity index (χ3v) is 3.71. The van der Waals surface area contributed by atoms with E-state index in [-0.39, 0.29) is 22.6 Å². The normalized spacial score (nSPS) is 10.3. The Hall–Kier alpha value is -1.47. The fraction of sp³-hybridized carbons (Fsp3) is 0.0714. The Labute approximate surface area is 137 Å². The summed E-state index contributed by atoms with van der Waals surface area (Å²) in [5.41, 5.74) is 0.672. The highest BCUT2D eigenvalue weighted by molar-refractivity contribution is 9.10. The first kappa shape index (κ1) is 15.9. The van der Waals surface area contributed by atoms with Gasteiger partial charge in [0.1, 0.15) is 11.6 Å². The van der Waals surface area contributed by atoms with Gasteiger partial charge in [-0.05, 0) is 46.3 Å². The van der Waals surface area contributed by atoms with Crippen LogP contribution in [0.3, 0.4) is 0 Å². The summed E-state index contributed by atoms with van der Waals surface area (Å²) >= 11 is 6.34. The van der Waals surface area contributed by atoms with Gasteiger partial charge in [-0.15, -0.1) is 0 Å². The van der Waals surface area contributed by atoms with E-state index in [2.05, 4.69) is 42.5 Å². The van der Waals surface area contributed by atoms with Gasteiger partial charge in [0, 0.05) is 20.7 Å². The third-order valence-electron chi connectivity index (χ3n) is 2.56. The molecule has 0 fully saturated rings. The van der Waals surface area contributed by atoms with Crippen molar-refractivity contribution in [2.24, 2.45) is 0 Å². The van der Waals surface area contributed by atoms with Gasteiger partial charge in [-0.25, -0.2) is 8.78 Å². The van der Waals surface area contributed by atoms with Crippen LogP contribution in [-0.2, 0) is 4.79 Å². The molecule has 0 aliphatic heterocycles. The summed E-state index contributed by atoms with van der Waals surface area (Å²) in [5.74, 6) is -1.80. The molecule has 0 aromatic heterocycles. The lowest BCUT2D eigenvalue weighted by atomic mass is 10.3. The first-order valence-corrected chi connectivity index (χ1v) is 7.48. The molecule has 2 aromatic carbocycles. The van der Waals surface area contributed by atoms with Crippen LogP contribution in [0.15, 0.2) is 45.3 Å². The standard InChI is InChI=1S/C14H10Br2F2N2O/c15-8-1-3-10(4-2-8)20-13(21)7-19-14-11(16)5-9(17)6-12(14)18/h1-6,19H,7H2,(H,20,21). The molecule has 110 valence electrons. The number of hydrogen-bond donors (Lipinski definition) is 2. The number of nitrogens with one attached hydrogen (secondary N) is 2. The average molecular weight is 420 g/mol. The van der Waals surface area contributed by atoms with Gasteiger partial charge in [0.25, 0.3) is 0 Å². The number of carbonyl (C=O) groups excluding carboxylic acids is 1. The second-order valence-corrected chi connectivity index (χ2v) is 5.92. The van der Waals surface area contributed by atoms with Gasteiger partial charge in [0.05, 0.1) is 12.2 Å². The second kappa shape index (κ2) is 7.00. The Morgan fingerprint density at radius 1 is 1.10 bits per heavy atom. The number of anilines is 2. The number of carbonyl (C=O) groups is 1. The summed E-state index contributed by atoms with van der Waals surface area (Å²) in [5, 5.41) is 5.29. The van der Waals surface area contributed by atoms with Crippen molar-refractivity contribution in [1.29, 1.82) is 0 Å². The molecule has 0 radical (unpaired) electrons. The number of rotatable bonds is 4. The van der Waals surface area contributed by atoms with Gasteiger partial charge >= 0.3 is 0 Å². The number of amides is 1. The van der Waals surface area contributed by atoms with Crippen LogP contribution in [-0.4, -0.2) is 12.5 Å². The molecular formula is C14H10Br2F2N2O. The molecule has 0 atom stereocenters. The highest BCUT2D eigenvalue weighted by Gasteiger charge is 2.11. The Balaban J connectivity index is 1.97. The van der Waals surface area contributed by atoms with E-state index in [1.807, 2.05) is 0 Å². The van der Waals surface area contributed by atoms with E-state index in [0.29, 0.717) is 5.69 Å². The molecule has 0 bridgehead atoms. The van der Waals surface area contributed by atoms with Crippen LogP contribution in [0.25, 0.3) is 0 Å². The van der Waals surface area contributed by atoms with Crippen LogP contribution in [0.4, 0.5) is 20.2 Å². The molecule has 0 unspecified atom stereocenters. The predicted octanol–water partition coefficient (Wildman–Crippen LogP) is 4.54. The molecule has 0 spiro atoms. The molecular weight excluding hydrogens is 410 g/mol. The quantitative estimate of drug-likeness (QED) is 0.763. The molecule has 0 heterocycles. The fourth-order valence-electron chi connectivity index (χ4n) is 1.62. The van der Waals surface area contributed by atoms with Crippen molar-refractivity contribution in [2.75, 3.05) is 17.2 Å². The second-order valence-electron chi connectivity index (χ2n) is 4.15. The molecule has 3 nitrogen and oxygen atoms in total. The predicted molar refractivity (Wildman–Crippen MR) is 85.3 cm³/mol. The van der Waals surface area contributed by atoms with Crippen molar-refractivity contribution < 1.29 is 13.6 Å². The number of benzene rings is 2. The summed E-state index contributed by atoms with van der Waals surface area (Å²) in [7, 11) is 0. The maximum Gasteiger partial charge on any atom is 0.243 e. The van der Waals surface area contributed by atoms with Crippen molar-refractivity contribution in [3.8, 4) is 0 Å². The van der Waals surface area contributed by atoms with Gasteiger partial charge in [0.15, 0.2) is 0 Å². The van der Waals surface area contributed by atoms with E-state index in [4.69, 9.17) is 0 Å². The molecule has 2 N–H and O–H groups in total. The molecule has 7 heteroatoms. The monoisotopic (exact) mass is 418 g/mol. The van der Waals surface area contributed by atoms with Gasteiger partial charge < -0.3 is 10.6 Å². The number of halogens is 4. The van der Waals surface area contributed by atoms with Crippen molar-refractivity contribution in [2.45, 2.75) is 0 Å². The molecule has 1 amide bonds. The topological polar surface area (TPSA) is 41.1 Å². The summed E-state index contributed by atoms with van der Waals surface area (Å²) in [6.45, 7) is -0.142. The molecule has 0 saturated carbocycles. The molecule has 2 rings (SSSR count). The van der Waals surface area contributed by atoms with E-state index in [9.17, 15) is 13.6 Å². The summed E-state index contributed by atoms with van der Waals surface area (Å²) in [6.07, 6.45) is 0. The SMILES string of the molecule is O=C(CNc1c(F)cc(F)cc1Br)Nc1ccc(Br)cc1. The van der Waals surface area contributed by atoms with Crippen LogP contribution >= 0.6 is 31.9 Å². The van der Waals surface area contributed by atoms with E-state index in [0.717, 1.165) is 16.6 Å². The van der Waals surface area contributed by atoms with Crippen molar-refractivity contribution in [3.05, 3.63) is 57.0 Å². The highest BCUT2D eigenvalue weighted by atomic mass is 79.9. The van der Waals surface area contributed by atoms with Gasteiger partial charge in [-0.1, -0.05) is 15.9 Å². The molecule has 0 aliphatic carbocycles. The van der Waals surface area contributed by atoms with E-state index in [1.54, 1.807) is 24.3 Å². The van der Waals surface area contributed by atoms with Crippen molar-refractivity contribution >= 4 is 49.1 Å².